The normalized spacial score (nSPS) is 24.8. The smallest absolute Gasteiger partial charge is 0.216 e. The third kappa shape index (κ3) is 3.17. The van der Waals surface area contributed by atoms with Gasteiger partial charge in [0.1, 0.15) is 0 Å². The average Bonchev–Trinajstić information content (AvgIpc) is 2.25. The van der Waals surface area contributed by atoms with Crippen molar-refractivity contribution in [2.75, 3.05) is 58.7 Å². The van der Waals surface area contributed by atoms with Gasteiger partial charge in [-0.2, -0.15) is 4.31 Å². The van der Waals surface area contributed by atoms with Crippen LogP contribution in [0.1, 0.15) is 0 Å². The standard InChI is InChI=1S/C10H21N3O3S/c1-16-6-7-17(14,15)13-4-2-12(3-5-13)10-8-11-9-10/h10-11H,2-9H2,1H3. The van der Waals surface area contributed by atoms with Crippen molar-refractivity contribution in [2.24, 2.45) is 0 Å². The molecule has 2 aliphatic heterocycles. The molecule has 0 spiro atoms. The zero-order chi connectivity index (χ0) is 12.3. The molecule has 2 heterocycles. The zero-order valence-corrected chi connectivity index (χ0v) is 11.1. The van der Waals surface area contributed by atoms with Crippen LogP contribution in [-0.4, -0.2) is 82.4 Å². The largest absolute Gasteiger partial charge is 0.384 e. The van der Waals surface area contributed by atoms with Crippen molar-refractivity contribution in [3.8, 4) is 0 Å². The van der Waals surface area contributed by atoms with Crippen LogP contribution in [0.5, 0.6) is 0 Å². The third-order valence-electron chi connectivity index (χ3n) is 3.49. The minimum absolute atomic E-state index is 0.0918. The molecule has 0 aromatic heterocycles. The molecule has 0 amide bonds. The van der Waals surface area contributed by atoms with Gasteiger partial charge in [0, 0.05) is 52.4 Å². The number of sulfonamides is 1. The van der Waals surface area contributed by atoms with E-state index in [1.807, 2.05) is 0 Å². The lowest BCUT2D eigenvalue weighted by molar-refractivity contribution is 0.103. The summed E-state index contributed by atoms with van der Waals surface area (Å²) in [6.07, 6.45) is 0. The lowest BCUT2D eigenvalue weighted by Crippen LogP contribution is -2.62. The fourth-order valence-corrected chi connectivity index (χ4v) is 3.55. The number of nitrogens with zero attached hydrogens (tertiary/aromatic N) is 2. The van der Waals surface area contributed by atoms with E-state index < -0.39 is 10.0 Å². The first-order valence-electron chi connectivity index (χ1n) is 6.05. The van der Waals surface area contributed by atoms with Gasteiger partial charge in [-0.3, -0.25) is 4.90 Å². The maximum atomic E-state index is 11.9. The van der Waals surface area contributed by atoms with E-state index in [-0.39, 0.29) is 12.4 Å². The van der Waals surface area contributed by atoms with Crippen molar-refractivity contribution in [3.63, 3.8) is 0 Å². The van der Waals surface area contributed by atoms with Gasteiger partial charge in [-0.15, -0.1) is 0 Å². The predicted molar refractivity (Wildman–Crippen MR) is 65.5 cm³/mol. The fraction of sp³-hybridized carbons (Fsp3) is 1.00. The van der Waals surface area contributed by atoms with Gasteiger partial charge in [-0.1, -0.05) is 0 Å². The summed E-state index contributed by atoms with van der Waals surface area (Å²) in [6.45, 7) is 5.27. The molecule has 7 heteroatoms. The molecule has 2 aliphatic rings. The Morgan fingerprint density at radius 2 is 1.88 bits per heavy atom. The van der Waals surface area contributed by atoms with E-state index in [1.165, 1.54) is 7.11 Å². The molecule has 0 aliphatic carbocycles. The van der Waals surface area contributed by atoms with E-state index in [0.29, 0.717) is 19.1 Å². The molecule has 100 valence electrons. The van der Waals surface area contributed by atoms with Gasteiger partial charge in [0.15, 0.2) is 0 Å². The minimum atomic E-state index is -3.12. The first-order valence-corrected chi connectivity index (χ1v) is 7.66. The second kappa shape index (κ2) is 5.62. The predicted octanol–water partition coefficient (Wildman–Crippen LogP) is -1.45. The number of rotatable bonds is 5. The highest BCUT2D eigenvalue weighted by atomic mass is 32.2. The Balaban J connectivity index is 1.81. The highest BCUT2D eigenvalue weighted by Crippen LogP contribution is 2.12. The van der Waals surface area contributed by atoms with Gasteiger partial charge >= 0.3 is 0 Å². The van der Waals surface area contributed by atoms with Crippen molar-refractivity contribution in [3.05, 3.63) is 0 Å². The van der Waals surface area contributed by atoms with Gasteiger partial charge in [-0.25, -0.2) is 8.42 Å². The van der Waals surface area contributed by atoms with Crippen LogP contribution < -0.4 is 5.32 Å². The summed E-state index contributed by atoms with van der Waals surface area (Å²) < 4.78 is 30.3. The molecule has 2 saturated heterocycles. The molecular weight excluding hydrogens is 242 g/mol. The summed E-state index contributed by atoms with van der Waals surface area (Å²) in [5, 5.41) is 3.24. The van der Waals surface area contributed by atoms with Crippen LogP contribution in [0, 0.1) is 0 Å². The molecule has 0 radical (unpaired) electrons. The highest BCUT2D eigenvalue weighted by Gasteiger charge is 2.31. The van der Waals surface area contributed by atoms with Crippen molar-refractivity contribution < 1.29 is 13.2 Å². The van der Waals surface area contributed by atoms with E-state index in [1.54, 1.807) is 4.31 Å². The number of piperazine rings is 1. The molecule has 17 heavy (non-hydrogen) atoms. The Morgan fingerprint density at radius 1 is 1.24 bits per heavy atom. The zero-order valence-electron chi connectivity index (χ0n) is 10.3. The second-order valence-electron chi connectivity index (χ2n) is 4.56. The van der Waals surface area contributed by atoms with Crippen molar-refractivity contribution in [2.45, 2.75) is 6.04 Å². The topological polar surface area (TPSA) is 61.9 Å². The Kier molecular flexibility index (Phi) is 4.37. The first kappa shape index (κ1) is 13.2. The molecule has 0 bridgehead atoms. The summed E-state index contributed by atoms with van der Waals surface area (Å²) in [4.78, 5) is 2.37. The number of methoxy groups -OCH3 is 1. The summed E-state index contributed by atoms with van der Waals surface area (Å²) in [7, 11) is -1.59. The molecular formula is C10H21N3O3S. The minimum Gasteiger partial charge on any atom is -0.384 e. The van der Waals surface area contributed by atoms with E-state index in [0.717, 1.165) is 26.2 Å². The quantitative estimate of drug-likeness (QED) is 0.658. The molecule has 0 saturated carbocycles. The molecule has 0 aromatic rings. The van der Waals surface area contributed by atoms with Gasteiger partial charge in [0.25, 0.3) is 0 Å². The Bertz CT molecular complexity index is 335. The molecule has 0 unspecified atom stereocenters. The van der Waals surface area contributed by atoms with Crippen molar-refractivity contribution >= 4 is 10.0 Å². The lowest BCUT2D eigenvalue weighted by Gasteiger charge is -2.42. The van der Waals surface area contributed by atoms with Crippen LogP contribution in [0.4, 0.5) is 0 Å². The van der Waals surface area contributed by atoms with Crippen LogP contribution in [0.3, 0.4) is 0 Å². The summed E-state index contributed by atoms with van der Waals surface area (Å²) in [6, 6.07) is 0.610. The van der Waals surface area contributed by atoms with Crippen LogP contribution >= 0.6 is 0 Å². The lowest BCUT2D eigenvalue weighted by atomic mass is 10.1. The van der Waals surface area contributed by atoms with Gasteiger partial charge in [0.2, 0.25) is 10.0 Å². The maximum absolute atomic E-state index is 11.9. The van der Waals surface area contributed by atoms with Gasteiger partial charge in [-0.05, 0) is 0 Å². The maximum Gasteiger partial charge on any atom is 0.216 e. The van der Waals surface area contributed by atoms with Crippen LogP contribution in [0.2, 0.25) is 0 Å². The Hall–Kier alpha value is -0.210. The van der Waals surface area contributed by atoms with E-state index in [2.05, 4.69) is 10.2 Å². The molecule has 2 fully saturated rings. The second-order valence-corrected chi connectivity index (χ2v) is 6.64. The highest BCUT2D eigenvalue weighted by molar-refractivity contribution is 7.89. The number of ether oxygens (including phenoxy) is 1. The first-order chi connectivity index (χ1) is 8.13. The molecule has 6 nitrogen and oxygen atoms in total. The van der Waals surface area contributed by atoms with E-state index >= 15 is 0 Å². The summed E-state index contributed by atoms with van der Waals surface area (Å²) >= 11 is 0. The Morgan fingerprint density at radius 3 is 2.35 bits per heavy atom. The monoisotopic (exact) mass is 263 g/mol. The molecule has 0 aromatic carbocycles. The van der Waals surface area contributed by atoms with Crippen LogP contribution in [0.25, 0.3) is 0 Å². The summed E-state index contributed by atoms with van der Waals surface area (Å²) in [5.74, 6) is 0.0918. The SMILES string of the molecule is COCCS(=O)(=O)N1CCN(C2CNC2)CC1. The van der Waals surface area contributed by atoms with Crippen molar-refractivity contribution in [1.29, 1.82) is 0 Å². The Labute approximate surface area is 103 Å². The van der Waals surface area contributed by atoms with Gasteiger partial charge < -0.3 is 10.1 Å². The number of hydrogen-bond donors (Lipinski definition) is 1. The van der Waals surface area contributed by atoms with Crippen LogP contribution in [-0.2, 0) is 14.8 Å². The van der Waals surface area contributed by atoms with E-state index in [9.17, 15) is 8.42 Å². The molecule has 0 atom stereocenters. The number of nitrogens with one attached hydrogen (secondary N) is 1. The molecule has 1 N–H and O–H groups in total. The van der Waals surface area contributed by atoms with Gasteiger partial charge in [0.05, 0.1) is 12.4 Å². The average molecular weight is 263 g/mol. The summed E-state index contributed by atoms with van der Waals surface area (Å²) in [5.41, 5.74) is 0. The van der Waals surface area contributed by atoms with E-state index in [4.69, 9.17) is 4.74 Å². The molecule has 2 rings (SSSR count). The fourth-order valence-electron chi connectivity index (χ4n) is 2.20. The number of hydrogen-bond acceptors (Lipinski definition) is 5. The van der Waals surface area contributed by atoms with Crippen molar-refractivity contribution in [1.82, 2.24) is 14.5 Å². The van der Waals surface area contributed by atoms with Crippen LogP contribution in [0.15, 0.2) is 0 Å². The third-order valence-corrected chi connectivity index (χ3v) is 5.32.